The molecule has 0 aromatic rings. The minimum atomic E-state index is -0.471. The normalized spacial score (nSPS) is 45.7. The molecule has 2 N–H and O–H groups in total. The van der Waals surface area contributed by atoms with E-state index in [1.807, 2.05) is 0 Å². The number of piperidine rings is 1. The number of methoxy groups -OCH3 is 1. The number of nitrogens with one attached hydrogen (secondary N) is 1. The summed E-state index contributed by atoms with van der Waals surface area (Å²) in [5, 5.41) is 13.6. The fourth-order valence-corrected chi connectivity index (χ4v) is 2.49. The zero-order valence-electron chi connectivity index (χ0n) is 8.25. The van der Waals surface area contributed by atoms with E-state index in [9.17, 15) is 5.11 Å². The third-order valence-corrected chi connectivity index (χ3v) is 3.45. The number of ether oxygens (including phenoxy) is 1. The second kappa shape index (κ2) is 3.56. The first-order valence-corrected chi connectivity index (χ1v) is 5.23. The number of hydrogen-bond acceptors (Lipinski definition) is 3. The van der Waals surface area contributed by atoms with Crippen molar-refractivity contribution in [3.63, 3.8) is 0 Å². The van der Waals surface area contributed by atoms with Gasteiger partial charge in [0.25, 0.3) is 0 Å². The van der Waals surface area contributed by atoms with Crippen LogP contribution in [0.1, 0.15) is 32.1 Å². The Balaban J connectivity index is 1.86. The molecule has 0 amide bonds. The summed E-state index contributed by atoms with van der Waals surface area (Å²) in [5.74, 6) is 0. The van der Waals surface area contributed by atoms with Crippen LogP contribution in [0.3, 0.4) is 0 Å². The van der Waals surface area contributed by atoms with Crippen molar-refractivity contribution >= 4 is 0 Å². The molecular weight excluding hydrogens is 166 g/mol. The van der Waals surface area contributed by atoms with Crippen molar-refractivity contribution in [1.82, 2.24) is 5.32 Å². The van der Waals surface area contributed by atoms with Gasteiger partial charge in [0, 0.05) is 26.0 Å². The van der Waals surface area contributed by atoms with Gasteiger partial charge in [0.2, 0.25) is 0 Å². The number of rotatable bonds is 2. The van der Waals surface area contributed by atoms with Gasteiger partial charge in [-0.25, -0.2) is 0 Å². The third-order valence-electron chi connectivity index (χ3n) is 3.45. The first kappa shape index (κ1) is 9.44. The summed E-state index contributed by atoms with van der Waals surface area (Å²) in [6, 6.07) is 0.313. The molecule has 76 valence electrons. The fraction of sp³-hybridized carbons (Fsp3) is 1.00. The lowest BCUT2D eigenvalue weighted by Crippen LogP contribution is -2.61. The molecule has 1 aliphatic heterocycles. The second-order valence-electron chi connectivity index (χ2n) is 4.37. The van der Waals surface area contributed by atoms with Gasteiger partial charge in [0.15, 0.2) is 0 Å². The van der Waals surface area contributed by atoms with Crippen molar-refractivity contribution in [2.24, 2.45) is 0 Å². The minimum absolute atomic E-state index is 0.286. The summed E-state index contributed by atoms with van der Waals surface area (Å²) >= 11 is 0. The second-order valence-corrected chi connectivity index (χ2v) is 4.37. The van der Waals surface area contributed by atoms with Crippen LogP contribution in [0.4, 0.5) is 0 Å². The van der Waals surface area contributed by atoms with Gasteiger partial charge >= 0.3 is 0 Å². The molecule has 2 rings (SSSR count). The highest BCUT2D eigenvalue weighted by Crippen LogP contribution is 2.39. The summed E-state index contributed by atoms with van der Waals surface area (Å²) in [5.41, 5.74) is -0.471. The predicted molar refractivity (Wildman–Crippen MR) is 50.6 cm³/mol. The van der Waals surface area contributed by atoms with Crippen LogP contribution in [0.15, 0.2) is 0 Å². The summed E-state index contributed by atoms with van der Waals surface area (Å²) in [7, 11) is 1.72. The van der Waals surface area contributed by atoms with Gasteiger partial charge in [-0.15, -0.1) is 0 Å². The topological polar surface area (TPSA) is 41.5 Å². The molecule has 0 bridgehead atoms. The lowest BCUT2D eigenvalue weighted by Gasteiger charge is -2.49. The quantitative estimate of drug-likeness (QED) is 0.664. The summed E-state index contributed by atoms with van der Waals surface area (Å²) in [4.78, 5) is 0. The van der Waals surface area contributed by atoms with Crippen molar-refractivity contribution in [2.45, 2.75) is 49.9 Å². The minimum Gasteiger partial charge on any atom is -0.388 e. The highest BCUT2D eigenvalue weighted by atomic mass is 16.5. The molecule has 0 aromatic heterocycles. The Morgan fingerprint density at radius 1 is 1.38 bits per heavy atom. The largest absolute Gasteiger partial charge is 0.388 e. The van der Waals surface area contributed by atoms with Gasteiger partial charge in [-0.2, -0.15) is 0 Å². The molecule has 1 saturated carbocycles. The maximum absolute atomic E-state index is 10.2. The predicted octanol–water partition coefficient (Wildman–Crippen LogP) is 0.668. The monoisotopic (exact) mass is 185 g/mol. The van der Waals surface area contributed by atoms with Crippen molar-refractivity contribution in [1.29, 1.82) is 0 Å². The van der Waals surface area contributed by atoms with E-state index < -0.39 is 5.60 Å². The Morgan fingerprint density at radius 3 is 2.69 bits per heavy atom. The molecule has 1 atom stereocenters. The Labute approximate surface area is 79.5 Å². The summed E-state index contributed by atoms with van der Waals surface area (Å²) < 4.78 is 5.18. The average molecular weight is 185 g/mol. The van der Waals surface area contributed by atoms with Crippen LogP contribution in [0.5, 0.6) is 0 Å². The lowest BCUT2D eigenvalue weighted by atomic mass is 9.70. The van der Waals surface area contributed by atoms with Crippen LogP contribution in [0, 0.1) is 0 Å². The maximum Gasteiger partial charge on any atom is 0.0849 e. The zero-order chi connectivity index (χ0) is 9.31. The molecule has 0 spiro atoms. The van der Waals surface area contributed by atoms with E-state index in [2.05, 4.69) is 5.32 Å². The molecular formula is C10H19NO2. The van der Waals surface area contributed by atoms with Crippen LogP contribution in [-0.4, -0.2) is 36.5 Å². The molecule has 3 heteroatoms. The van der Waals surface area contributed by atoms with Gasteiger partial charge in [-0.3, -0.25) is 0 Å². The van der Waals surface area contributed by atoms with Gasteiger partial charge in [-0.1, -0.05) is 6.42 Å². The van der Waals surface area contributed by atoms with E-state index in [0.29, 0.717) is 6.04 Å². The van der Waals surface area contributed by atoms with E-state index in [4.69, 9.17) is 4.74 Å². The molecule has 13 heavy (non-hydrogen) atoms. The number of aliphatic hydroxyl groups is 1. The first-order chi connectivity index (χ1) is 6.24. The third kappa shape index (κ3) is 1.73. The van der Waals surface area contributed by atoms with Crippen molar-refractivity contribution in [3.8, 4) is 0 Å². The van der Waals surface area contributed by atoms with E-state index in [-0.39, 0.29) is 6.10 Å². The first-order valence-electron chi connectivity index (χ1n) is 5.23. The van der Waals surface area contributed by atoms with E-state index in [1.165, 1.54) is 12.8 Å². The summed E-state index contributed by atoms with van der Waals surface area (Å²) in [6.45, 7) is 1.06. The molecule has 1 saturated heterocycles. The molecule has 0 radical (unpaired) electrons. The Morgan fingerprint density at radius 2 is 2.15 bits per heavy atom. The lowest BCUT2D eigenvalue weighted by molar-refractivity contribution is -0.148. The maximum atomic E-state index is 10.2. The van der Waals surface area contributed by atoms with E-state index >= 15 is 0 Å². The van der Waals surface area contributed by atoms with Gasteiger partial charge in [-0.05, 0) is 19.4 Å². The molecule has 2 aliphatic rings. The van der Waals surface area contributed by atoms with Crippen molar-refractivity contribution in [2.75, 3.05) is 13.7 Å². The van der Waals surface area contributed by atoms with Crippen LogP contribution >= 0.6 is 0 Å². The van der Waals surface area contributed by atoms with Gasteiger partial charge < -0.3 is 15.2 Å². The van der Waals surface area contributed by atoms with Gasteiger partial charge in [0.1, 0.15) is 0 Å². The van der Waals surface area contributed by atoms with Crippen LogP contribution in [-0.2, 0) is 4.74 Å². The fourth-order valence-electron chi connectivity index (χ4n) is 2.49. The van der Waals surface area contributed by atoms with Crippen LogP contribution < -0.4 is 5.32 Å². The van der Waals surface area contributed by atoms with Gasteiger partial charge in [0.05, 0.1) is 11.7 Å². The van der Waals surface area contributed by atoms with Crippen molar-refractivity contribution < 1.29 is 9.84 Å². The molecule has 0 aromatic carbocycles. The Bertz CT molecular complexity index is 172. The molecule has 2 fully saturated rings. The van der Waals surface area contributed by atoms with Crippen molar-refractivity contribution in [3.05, 3.63) is 0 Å². The smallest absolute Gasteiger partial charge is 0.0849 e. The highest BCUT2D eigenvalue weighted by Gasteiger charge is 2.48. The zero-order valence-corrected chi connectivity index (χ0v) is 8.25. The molecule has 1 aliphatic carbocycles. The summed E-state index contributed by atoms with van der Waals surface area (Å²) in [6.07, 6.45) is 5.52. The van der Waals surface area contributed by atoms with Crippen LogP contribution in [0.25, 0.3) is 0 Å². The molecule has 1 unspecified atom stereocenters. The van der Waals surface area contributed by atoms with Crippen LogP contribution in [0.2, 0.25) is 0 Å². The van der Waals surface area contributed by atoms with E-state index in [0.717, 1.165) is 25.8 Å². The Kier molecular flexibility index (Phi) is 2.58. The average Bonchev–Trinajstić information content (AvgIpc) is 2.14. The SMILES string of the molecule is COC1CC(O)(C2CCCCN2)C1. The van der Waals surface area contributed by atoms with E-state index in [1.54, 1.807) is 7.11 Å². The number of hydrogen-bond donors (Lipinski definition) is 2. The molecule has 1 heterocycles. The standard InChI is InChI=1S/C10H19NO2/c1-13-8-6-10(12,7-8)9-4-2-3-5-11-9/h8-9,11-12H,2-7H2,1H3. The Hall–Kier alpha value is -0.120. The highest BCUT2D eigenvalue weighted by molar-refractivity contribution is 5.03. The molecule has 3 nitrogen and oxygen atoms in total.